The second kappa shape index (κ2) is 45.4. The van der Waals surface area contributed by atoms with Crippen molar-refractivity contribution in [2.75, 3.05) is 0 Å². The Bertz CT molecular complexity index is 8230. The third-order valence-electron chi connectivity index (χ3n) is 26.4. The molecule has 2 aliphatic rings. The van der Waals surface area contributed by atoms with E-state index in [2.05, 4.69) is 597 Å². The van der Waals surface area contributed by atoms with E-state index in [9.17, 15) is 0 Å². The van der Waals surface area contributed by atoms with Gasteiger partial charge in [0.15, 0.2) is 0 Å². The molecule has 0 bridgehead atoms. The van der Waals surface area contributed by atoms with Crippen LogP contribution in [0.2, 0.25) is 5.15 Å². The Hall–Kier alpha value is -12.2. The number of pyridine rings is 3. The average Bonchev–Trinajstić information content (AvgIpc) is 1.59. The van der Waals surface area contributed by atoms with Crippen molar-refractivity contribution in [3.8, 4) is 89.4 Å². The van der Waals surface area contributed by atoms with Crippen LogP contribution in [0.1, 0.15) is 108 Å². The lowest BCUT2D eigenvalue weighted by molar-refractivity contribution is 0.591. The van der Waals surface area contributed by atoms with Gasteiger partial charge in [-0.2, -0.15) is 0 Å². The predicted octanol–water partition coefficient (Wildman–Crippen LogP) is 42.1. The molecular weight excluding hydrogens is 2220 g/mol. The van der Waals surface area contributed by atoms with Crippen LogP contribution in [0.4, 0.5) is 0 Å². The normalized spacial score (nSPS) is 12.1. The maximum Gasteiger partial charge on any atom is 0.129 e. The van der Waals surface area contributed by atoms with E-state index in [1.807, 2.05) is 54.9 Å². The highest BCUT2D eigenvalue weighted by molar-refractivity contribution is 9.11. The summed E-state index contributed by atoms with van der Waals surface area (Å²) >= 11 is 30.8. The summed E-state index contributed by atoms with van der Waals surface area (Å²) < 4.78 is 7.78. The van der Waals surface area contributed by atoms with Crippen LogP contribution in [0.5, 0.6) is 0 Å². The molecular formula is C132H107Br7ClN3. The molecule has 19 aromatic carbocycles. The molecule has 0 saturated heterocycles. The first kappa shape index (κ1) is 102. The van der Waals surface area contributed by atoms with E-state index in [0.29, 0.717) is 5.15 Å². The third kappa shape index (κ3) is 24.7. The lowest BCUT2D eigenvalue weighted by atomic mass is 9.83. The zero-order valence-electron chi connectivity index (χ0n) is 81.6. The van der Waals surface area contributed by atoms with Gasteiger partial charge in [0.05, 0.1) is 17.1 Å². The first-order valence-corrected chi connectivity index (χ1v) is 53.7. The minimum absolute atomic E-state index is 0.00426. The lowest BCUT2D eigenvalue weighted by Gasteiger charge is -2.20. The molecule has 3 heterocycles. The number of hydrogen-bond acceptors (Lipinski definition) is 3. The van der Waals surface area contributed by atoms with E-state index in [-0.39, 0.29) is 21.7 Å². The maximum absolute atomic E-state index is 5.97. The second-order valence-corrected chi connectivity index (χ2v) is 45.7. The van der Waals surface area contributed by atoms with E-state index in [0.717, 1.165) is 48.4 Å². The van der Waals surface area contributed by atoms with Crippen molar-refractivity contribution in [3.05, 3.63) is 525 Å². The standard InChI is InChI=1S/C24H21Br.C21H15Br.2C18H13Br.C14H15Br.C14H12ClN.C13H11BrN2.C10H7Br/c1-24(2,3)22-10-8-16-4-5-18(13-21(16)14-22)17-6-7-20-15-23(25)11-9-19(20)12-17;1-14-3-2-4-15-5-6-19(13-21(14)15)16-7-8-18-12-20(22)10-9-17(18)11-16;19-18-16(14-8-3-1-4-9-14)12-7-13-17(18)15-10-5-2-6-11-15;19-18-12-16(14-7-3-1-4-8-14)11-17(13-18)15-9-5-2-6-10-15;1-14(2,3)12-6-4-11-9-13(15)7-5-10(11)8-12;1-14(2)10-6-4-3-5-9(10)13-11(14)7-8-12(15)16-13;1-13(2)9-4-3-5-15-11(9)12-10(13)6-8(14)7-16-12;11-10-6-5-8-3-1-2-4-9(8)7-10/h4-15H,1-3H3;2-13H,1H3;2*1-13H;4-9H,1-3H3;3-8H,1-2H3;3-7H,1-2H3;1-7H. The number of rotatable bonds is 6. The summed E-state index contributed by atoms with van der Waals surface area (Å²) in [5.41, 5.74) is 28.8. The maximum atomic E-state index is 5.97. The molecule has 0 N–H and O–H groups in total. The fourth-order valence-electron chi connectivity index (χ4n) is 18.4. The Kier molecular flexibility index (Phi) is 32.5. The van der Waals surface area contributed by atoms with E-state index in [4.69, 9.17) is 11.6 Å². The van der Waals surface area contributed by atoms with Gasteiger partial charge in [0.2, 0.25) is 0 Å². The number of nitrogens with zero attached hydrogens (tertiary/aromatic N) is 3. The van der Waals surface area contributed by atoms with Crippen LogP contribution in [0, 0.1) is 6.92 Å². The van der Waals surface area contributed by atoms with Crippen LogP contribution in [0.15, 0.2) is 480 Å². The Morgan fingerprint density at radius 1 is 0.231 bits per heavy atom. The zero-order valence-corrected chi connectivity index (χ0v) is 93.4. The molecule has 143 heavy (non-hydrogen) atoms. The van der Waals surface area contributed by atoms with E-state index in [1.165, 1.54) is 176 Å². The topological polar surface area (TPSA) is 38.7 Å². The number of aryl methyl sites for hydroxylation is 1. The van der Waals surface area contributed by atoms with Gasteiger partial charge in [-0.15, -0.1) is 0 Å². The largest absolute Gasteiger partial charge is 0.254 e. The molecule has 22 aromatic rings. The van der Waals surface area contributed by atoms with Gasteiger partial charge in [0.1, 0.15) is 5.15 Å². The SMILES string of the molecule is Brc1c(-c2ccccc2)cccc1-c1ccccc1.Brc1cc(-c2ccccc2)cc(-c2ccccc2)c1.Brc1ccc2ccccc2c1.CC(C)(C)c1ccc2cc(Br)ccc2c1.CC(C)(C)c1ccc2ccc(-c3ccc4cc(Br)ccc4c3)cc2c1.CC1(C)c2ccccc2-c2nc(Cl)ccc21.CC1(C)c2cccnc2-c2ncc(Br)cc21.Cc1cccc2ccc(-c3ccc4cc(Br)ccc4c3)cc12. The van der Waals surface area contributed by atoms with Crippen LogP contribution in [-0.4, -0.2) is 15.0 Å². The van der Waals surface area contributed by atoms with Crippen LogP contribution in [0.3, 0.4) is 0 Å². The van der Waals surface area contributed by atoms with Crippen molar-refractivity contribution < 1.29 is 0 Å². The summed E-state index contributed by atoms with van der Waals surface area (Å²) in [5, 5.41) is 16.0. The molecule has 0 unspecified atom stereocenters. The number of halogens is 8. The first-order chi connectivity index (χ1) is 68.8. The van der Waals surface area contributed by atoms with Crippen molar-refractivity contribution in [1.82, 2.24) is 15.0 Å². The Balaban J connectivity index is 0.000000113. The molecule has 0 atom stereocenters. The smallest absolute Gasteiger partial charge is 0.129 e. The number of hydrogen-bond donors (Lipinski definition) is 0. The molecule has 11 heteroatoms. The Labute approximate surface area is 905 Å². The van der Waals surface area contributed by atoms with Crippen molar-refractivity contribution >= 4 is 188 Å². The monoisotopic (exact) mass is 2320 g/mol. The van der Waals surface area contributed by atoms with Crippen molar-refractivity contribution in [3.63, 3.8) is 0 Å². The molecule has 2 aliphatic carbocycles. The number of benzene rings is 19. The van der Waals surface area contributed by atoms with Crippen LogP contribution < -0.4 is 0 Å². The molecule has 3 nitrogen and oxygen atoms in total. The average molecular weight is 2330 g/mol. The predicted molar refractivity (Wildman–Crippen MR) is 639 cm³/mol. The number of fused-ring (bicyclic) bond motifs is 12. The Morgan fingerprint density at radius 2 is 0.594 bits per heavy atom. The third-order valence-corrected chi connectivity index (χ3v) is 30.3. The Morgan fingerprint density at radius 3 is 1.13 bits per heavy atom. The second-order valence-electron chi connectivity index (χ2n) is 39.0. The van der Waals surface area contributed by atoms with Crippen molar-refractivity contribution in [2.45, 2.75) is 97.8 Å². The van der Waals surface area contributed by atoms with Gasteiger partial charge in [-0.05, 0) is 329 Å². The molecule has 0 radical (unpaired) electrons. The highest BCUT2D eigenvalue weighted by atomic mass is 79.9. The number of aromatic nitrogens is 3. The molecule has 0 saturated carbocycles. The van der Waals surface area contributed by atoms with E-state index < -0.39 is 0 Å². The van der Waals surface area contributed by atoms with Gasteiger partial charge in [0.25, 0.3) is 0 Å². The first-order valence-electron chi connectivity index (χ1n) is 47.8. The molecule has 706 valence electrons. The molecule has 24 rings (SSSR count). The molecule has 3 aromatic heterocycles. The fraction of sp³-hybridized carbons (Fsp3) is 0.114. The summed E-state index contributed by atoms with van der Waals surface area (Å²) in [6.07, 6.45) is 3.66. The van der Waals surface area contributed by atoms with Crippen LogP contribution >= 0.6 is 123 Å². The minimum atomic E-state index is -0.00426. The summed E-state index contributed by atoms with van der Waals surface area (Å²) in [4.78, 5) is 13.4. The summed E-state index contributed by atoms with van der Waals surface area (Å²) in [6.45, 7) is 24.6. The highest BCUT2D eigenvalue weighted by Crippen LogP contribution is 2.50. The van der Waals surface area contributed by atoms with E-state index >= 15 is 0 Å². The quantitative estimate of drug-likeness (QED) is 0.156. The van der Waals surface area contributed by atoms with Gasteiger partial charge >= 0.3 is 0 Å². The highest BCUT2D eigenvalue weighted by Gasteiger charge is 2.38. The summed E-state index contributed by atoms with van der Waals surface area (Å²) in [7, 11) is 0. The van der Waals surface area contributed by atoms with Gasteiger partial charge in [-0.1, -0.05) is 488 Å². The minimum Gasteiger partial charge on any atom is -0.254 e. The molecule has 0 fully saturated rings. The molecule has 0 spiro atoms. The van der Waals surface area contributed by atoms with Gasteiger partial charge in [0, 0.05) is 60.1 Å². The summed E-state index contributed by atoms with van der Waals surface area (Å²) in [5.74, 6) is 0. The lowest BCUT2D eigenvalue weighted by Crippen LogP contribution is -2.15. The molecule has 0 aliphatic heterocycles. The van der Waals surface area contributed by atoms with Crippen LogP contribution in [-0.2, 0) is 21.7 Å². The van der Waals surface area contributed by atoms with Crippen LogP contribution in [0.25, 0.3) is 154 Å². The fourth-order valence-corrected chi connectivity index (χ4v) is 21.6. The summed E-state index contributed by atoms with van der Waals surface area (Å²) in [6, 6.07) is 154. The van der Waals surface area contributed by atoms with Gasteiger partial charge < -0.3 is 0 Å². The van der Waals surface area contributed by atoms with Gasteiger partial charge in [-0.25, -0.2) is 4.98 Å². The van der Waals surface area contributed by atoms with E-state index in [1.54, 1.807) is 0 Å². The van der Waals surface area contributed by atoms with Crippen molar-refractivity contribution in [1.29, 1.82) is 0 Å². The zero-order chi connectivity index (χ0) is 100. The molecule has 0 amide bonds. The van der Waals surface area contributed by atoms with Gasteiger partial charge in [-0.3, -0.25) is 9.97 Å². The van der Waals surface area contributed by atoms with Crippen molar-refractivity contribution in [2.24, 2.45) is 0 Å².